The molecule has 0 aliphatic rings. The summed E-state index contributed by atoms with van der Waals surface area (Å²) in [6, 6.07) is 3.18. The SMILES string of the molecule is CN(C)/C=C/C(=O)c1ccnc(Cl)c1. The van der Waals surface area contributed by atoms with Crippen molar-refractivity contribution in [2.24, 2.45) is 0 Å². The third-order valence-corrected chi connectivity index (χ3v) is 1.74. The van der Waals surface area contributed by atoms with Crippen molar-refractivity contribution < 1.29 is 4.79 Å². The van der Waals surface area contributed by atoms with Crippen LogP contribution in [-0.4, -0.2) is 29.8 Å². The van der Waals surface area contributed by atoms with Gasteiger partial charge in [0.1, 0.15) is 5.15 Å². The van der Waals surface area contributed by atoms with Crippen LogP contribution in [0.25, 0.3) is 0 Å². The molecule has 1 heterocycles. The maximum atomic E-state index is 11.5. The van der Waals surface area contributed by atoms with Crippen LogP contribution in [0.3, 0.4) is 0 Å². The van der Waals surface area contributed by atoms with Gasteiger partial charge in [-0.3, -0.25) is 4.79 Å². The van der Waals surface area contributed by atoms with E-state index in [0.717, 1.165) is 0 Å². The summed E-state index contributed by atoms with van der Waals surface area (Å²) in [5.41, 5.74) is 0.545. The number of nitrogens with zero attached hydrogens (tertiary/aromatic N) is 2. The molecule has 1 aromatic heterocycles. The van der Waals surface area contributed by atoms with E-state index in [1.165, 1.54) is 12.3 Å². The van der Waals surface area contributed by atoms with Crippen molar-refractivity contribution in [3.63, 3.8) is 0 Å². The van der Waals surface area contributed by atoms with Crippen molar-refractivity contribution in [2.45, 2.75) is 0 Å². The average Bonchev–Trinajstić information content (AvgIpc) is 2.14. The molecular formula is C10H11ClN2O. The molecule has 0 saturated carbocycles. The molecule has 0 bridgehead atoms. The Bertz CT molecular complexity index is 361. The van der Waals surface area contributed by atoms with Gasteiger partial charge in [0, 0.05) is 38.1 Å². The summed E-state index contributed by atoms with van der Waals surface area (Å²) in [5, 5.41) is 0.328. The molecule has 1 rings (SSSR count). The molecule has 0 aromatic carbocycles. The number of carbonyl (C=O) groups is 1. The van der Waals surface area contributed by atoms with E-state index in [-0.39, 0.29) is 5.78 Å². The average molecular weight is 211 g/mol. The van der Waals surface area contributed by atoms with Crippen LogP contribution in [0.15, 0.2) is 30.6 Å². The van der Waals surface area contributed by atoms with Gasteiger partial charge in [-0.1, -0.05) is 11.6 Å². The van der Waals surface area contributed by atoms with Gasteiger partial charge in [-0.2, -0.15) is 0 Å². The molecule has 74 valence electrons. The Balaban J connectivity index is 2.80. The number of rotatable bonds is 3. The van der Waals surface area contributed by atoms with Crippen molar-refractivity contribution in [1.29, 1.82) is 0 Å². The molecule has 4 heteroatoms. The number of ketones is 1. The Morgan fingerprint density at radius 1 is 1.57 bits per heavy atom. The van der Waals surface area contributed by atoms with Crippen molar-refractivity contribution in [3.8, 4) is 0 Å². The van der Waals surface area contributed by atoms with Crippen LogP contribution in [0, 0.1) is 0 Å². The zero-order valence-electron chi connectivity index (χ0n) is 8.07. The smallest absolute Gasteiger partial charge is 0.187 e. The third kappa shape index (κ3) is 3.18. The zero-order valence-corrected chi connectivity index (χ0v) is 8.82. The molecule has 0 aliphatic heterocycles. The maximum Gasteiger partial charge on any atom is 0.187 e. The maximum absolute atomic E-state index is 11.5. The number of hydrogen-bond acceptors (Lipinski definition) is 3. The first kappa shape index (κ1) is 10.7. The van der Waals surface area contributed by atoms with Crippen LogP contribution in [0.5, 0.6) is 0 Å². The predicted molar refractivity (Wildman–Crippen MR) is 56.4 cm³/mol. The molecule has 1 aromatic rings. The fourth-order valence-corrected chi connectivity index (χ4v) is 1.04. The lowest BCUT2D eigenvalue weighted by Gasteiger charge is -2.02. The summed E-state index contributed by atoms with van der Waals surface area (Å²) in [6.45, 7) is 0. The van der Waals surface area contributed by atoms with E-state index in [0.29, 0.717) is 10.7 Å². The summed E-state index contributed by atoms with van der Waals surface area (Å²) in [5.74, 6) is -0.0806. The molecule has 0 atom stereocenters. The highest BCUT2D eigenvalue weighted by Gasteiger charge is 2.01. The third-order valence-electron chi connectivity index (χ3n) is 1.54. The summed E-state index contributed by atoms with van der Waals surface area (Å²) >= 11 is 5.65. The molecule has 0 saturated heterocycles. The molecule has 3 nitrogen and oxygen atoms in total. The van der Waals surface area contributed by atoms with Gasteiger partial charge in [0.25, 0.3) is 0 Å². The lowest BCUT2D eigenvalue weighted by Crippen LogP contribution is -2.03. The molecule has 0 radical (unpaired) electrons. The fourth-order valence-electron chi connectivity index (χ4n) is 0.869. The van der Waals surface area contributed by atoms with E-state index in [9.17, 15) is 4.79 Å². The van der Waals surface area contributed by atoms with Gasteiger partial charge in [0.2, 0.25) is 0 Å². The van der Waals surface area contributed by atoms with E-state index >= 15 is 0 Å². The monoisotopic (exact) mass is 210 g/mol. The highest BCUT2D eigenvalue weighted by atomic mass is 35.5. The van der Waals surface area contributed by atoms with E-state index in [4.69, 9.17) is 11.6 Å². The number of hydrogen-bond donors (Lipinski definition) is 0. The Morgan fingerprint density at radius 3 is 2.86 bits per heavy atom. The second-order valence-corrected chi connectivity index (χ2v) is 3.40. The van der Waals surface area contributed by atoms with Crippen molar-refractivity contribution in [1.82, 2.24) is 9.88 Å². The van der Waals surface area contributed by atoms with Gasteiger partial charge in [-0.15, -0.1) is 0 Å². The topological polar surface area (TPSA) is 33.2 Å². The Hall–Kier alpha value is -1.35. The molecule has 14 heavy (non-hydrogen) atoms. The number of pyridine rings is 1. The number of allylic oxidation sites excluding steroid dienone is 1. The largest absolute Gasteiger partial charge is 0.383 e. The van der Waals surface area contributed by atoms with Crippen molar-refractivity contribution in [3.05, 3.63) is 41.3 Å². The van der Waals surface area contributed by atoms with E-state index < -0.39 is 0 Å². The first-order valence-electron chi connectivity index (χ1n) is 4.10. The van der Waals surface area contributed by atoms with Crippen LogP contribution in [0.4, 0.5) is 0 Å². The summed E-state index contributed by atoms with van der Waals surface area (Å²) < 4.78 is 0. The molecule has 0 aliphatic carbocycles. The molecule has 0 amide bonds. The van der Waals surface area contributed by atoms with Crippen molar-refractivity contribution >= 4 is 17.4 Å². The minimum atomic E-state index is -0.0806. The predicted octanol–water partition coefficient (Wildman–Crippen LogP) is 1.99. The first-order chi connectivity index (χ1) is 6.59. The molecule has 0 fully saturated rings. The van der Waals surface area contributed by atoms with Gasteiger partial charge in [-0.05, 0) is 12.1 Å². The van der Waals surface area contributed by atoms with Gasteiger partial charge in [0.15, 0.2) is 5.78 Å². The number of carbonyl (C=O) groups excluding carboxylic acids is 1. The number of halogens is 1. The van der Waals surface area contributed by atoms with E-state index in [2.05, 4.69) is 4.98 Å². The molecule has 0 unspecified atom stereocenters. The van der Waals surface area contributed by atoms with Crippen LogP contribution < -0.4 is 0 Å². The summed E-state index contributed by atoms with van der Waals surface area (Å²) in [6.07, 6.45) is 4.70. The van der Waals surface area contributed by atoms with Crippen LogP contribution in [0.2, 0.25) is 5.15 Å². The van der Waals surface area contributed by atoms with Gasteiger partial charge < -0.3 is 4.90 Å². The lowest BCUT2D eigenvalue weighted by molar-refractivity contribution is 0.104. The van der Waals surface area contributed by atoms with Crippen LogP contribution in [0.1, 0.15) is 10.4 Å². The van der Waals surface area contributed by atoms with Gasteiger partial charge >= 0.3 is 0 Å². The Morgan fingerprint density at radius 2 is 2.29 bits per heavy atom. The summed E-state index contributed by atoms with van der Waals surface area (Å²) in [7, 11) is 3.70. The van der Waals surface area contributed by atoms with Gasteiger partial charge in [0.05, 0.1) is 0 Å². The Labute approximate surface area is 88.0 Å². The van der Waals surface area contributed by atoms with Gasteiger partial charge in [-0.25, -0.2) is 4.98 Å². The molecule has 0 N–H and O–H groups in total. The number of aromatic nitrogens is 1. The first-order valence-corrected chi connectivity index (χ1v) is 4.48. The van der Waals surface area contributed by atoms with E-state index in [1.54, 1.807) is 23.2 Å². The van der Waals surface area contributed by atoms with E-state index in [1.807, 2.05) is 14.1 Å². The molecular weight excluding hydrogens is 200 g/mol. The minimum Gasteiger partial charge on any atom is -0.383 e. The lowest BCUT2D eigenvalue weighted by atomic mass is 10.2. The minimum absolute atomic E-state index is 0.0806. The highest BCUT2D eigenvalue weighted by Crippen LogP contribution is 2.08. The quantitative estimate of drug-likeness (QED) is 0.435. The Kier molecular flexibility index (Phi) is 3.65. The highest BCUT2D eigenvalue weighted by molar-refractivity contribution is 6.29. The van der Waals surface area contributed by atoms with Crippen LogP contribution >= 0.6 is 11.6 Å². The van der Waals surface area contributed by atoms with Crippen molar-refractivity contribution in [2.75, 3.05) is 14.1 Å². The second-order valence-electron chi connectivity index (χ2n) is 3.01. The second kappa shape index (κ2) is 4.77. The standard InChI is InChI=1S/C10H11ClN2O/c1-13(2)6-4-9(14)8-3-5-12-10(11)7-8/h3-7H,1-2H3/b6-4+. The fraction of sp³-hybridized carbons (Fsp3) is 0.200. The van der Waals surface area contributed by atoms with Crippen LogP contribution in [-0.2, 0) is 0 Å². The molecule has 0 spiro atoms. The zero-order chi connectivity index (χ0) is 10.6. The summed E-state index contributed by atoms with van der Waals surface area (Å²) in [4.78, 5) is 17.1. The normalized spacial score (nSPS) is 10.5.